The fourth-order valence-corrected chi connectivity index (χ4v) is 3.21. The van der Waals surface area contributed by atoms with E-state index in [1.54, 1.807) is 12.1 Å². The standard InChI is InChI=1S/C19H18F6N4O/c20-18(21,22)16(26-27-16)13-5-3-12(4-6-13)2-1-11-30-15-9-7-14(8-10-15)17(28-29-17)19(23,24)25/h3-10,26-29H,1-2,11H2. The van der Waals surface area contributed by atoms with Gasteiger partial charge in [-0.3, -0.25) is 0 Å². The van der Waals surface area contributed by atoms with Crippen LogP contribution in [0.3, 0.4) is 0 Å². The van der Waals surface area contributed by atoms with Crippen LogP contribution in [-0.2, 0) is 17.7 Å². The Morgan fingerprint density at radius 1 is 0.667 bits per heavy atom. The summed E-state index contributed by atoms with van der Waals surface area (Å²) in [7, 11) is 0. The van der Waals surface area contributed by atoms with Gasteiger partial charge in [-0.15, -0.1) is 0 Å². The first-order valence-electron chi connectivity index (χ1n) is 9.12. The maximum absolute atomic E-state index is 13.0. The highest BCUT2D eigenvalue weighted by atomic mass is 19.4. The molecule has 2 aliphatic heterocycles. The zero-order chi connectivity index (χ0) is 21.6. The van der Waals surface area contributed by atoms with E-state index in [0.29, 0.717) is 25.2 Å². The third-order valence-corrected chi connectivity index (χ3v) is 5.15. The molecule has 0 saturated carbocycles. The molecule has 2 heterocycles. The summed E-state index contributed by atoms with van der Waals surface area (Å²) in [4.78, 5) is 0. The quantitative estimate of drug-likeness (QED) is 0.306. The molecule has 0 atom stereocenters. The van der Waals surface area contributed by atoms with Gasteiger partial charge in [-0.25, -0.2) is 21.7 Å². The molecule has 4 N–H and O–H groups in total. The Morgan fingerprint density at radius 2 is 1.10 bits per heavy atom. The highest BCUT2D eigenvalue weighted by Gasteiger charge is 2.66. The van der Waals surface area contributed by atoms with Gasteiger partial charge in [0.2, 0.25) is 11.3 Å². The molecule has 30 heavy (non-hydrogen) atoms. The summed E-state index contributed by atoms with van der Waals surface area (Å²) in [6.07, 6.45) is -7.72. The number of benzene rings is 2. The van der Waals surface area contributed by atoms with Crippen molar-refractivity contribution in [1.82, 2.24) is 21.7 Å². The van der Waals surface area contributed by atoms with Gasteiger partial charge in [-0.2, -0.15) is 26.3 Å². The molecule has 5 nitrogen and oxygen atoms in total. The van der Waals surface area contributed by atoms with Crippen LogP contribution in [0.1, 0.15) is 23.1 Å². The molecule has 2 fully saturated rings. The van der Waals surface area contributed by atoms with Crippen LogP contribution in [0.4, 0.5) is 26.3 Å². The molecule has 4 rings (SSSR count). The lowest BCUT2D eigenvalue weighted by Gasteiger charge is -2.17. The first kappa shape index (κ1) is 20.9. The largest absolute Gasteiger partial charge is 0.494 e. The zero-order valence-corrected chi connectivity index (χ0v) is 15.4. The third-order valence-electron chi connectivity index (χ3n) is 5.15. The molecular formula is C19H18F6N4O. The normalized spacial score (nSPS) is 19.4. The second kappa shape index (κ2) is 7.12. The van der Waals surface area contributed by atoms with Crippen LogP contribution in [0.15, 0.2) is 48.5 Å². The minimum Gasteiger partial charge on any atom is -0.494 e. The van der Waals surface area contributed by atoms with Crippen molar-refractivity contribution in [2.45, 2.75) is 36.5 Å². The lowest BCUT2D eigenvalue weighted by molar-refractivity contribution is -0.166. The molecule has 0 amide bonds. The fraction of sp³-hybridized carbons (Fsp3) is 0.368. The molecule has 0 aliphatic carbocycles. The van der Waals surface area contributed by atoms with Crippen LogP contribution in [0.2, 0.25) is 0 Å². The summed E-state index contributed by atoms with van der Waals surface area (Å²) < 4.78 is 83.7. The SMILES string of the molecule is FC(F)(F)C1(c2ccc(CCCOc3ccc(C4(C(F)(F)F)NN4)cc3)cc2)NN1. The highest BCUT2D eigenvalue weighted by molar-refractivity contribution is 5.35. The van der Waals surface area contributed by atoms with E-state index in [1.165, 1.54) is 36.4 Å². The van der Waals surface area contributed by atoms with E-state index >= 15 is 0 Å². The van der Waals surface area contributed by atoms with Crippen molar-refractivity contribution in [3.05, 3.63) is 65.2 Å². The van der Waals surface area contributed by atoms with Crippen LogP contribution >= 0.6 is 0 Å². The number of aryl methyl sites for hydroxylation is 1. The molecule has 2 aromatic rings. The summed E-state index contributed by atoms with van der Waals surface area (Å²) in [6.45, 7) is 0.317. The second-order valence-corrected chi connectivity index (χ2v) is 7.17. The van der Waals surface area contributed by atoms with E-state index in [9.17, 15) is 26.3 Å². The average molecular weight is 432 g/mol. The lowest BCUT2D eigenvalue weighted by Crippen LogP contribution is -2.34. The van der Waals surface area contributed by atoms with Crippen LogP contribution in [0.5, 0.6) is 5.75 Å². The Balaban J connectivity index is 1.26. The minimum atomic E-state index is -4.46. The smallest absolute Gasteiger partial charge is 0.426 e. The van der Waals surface area contributed by atoms with Gasteiger partial charge in [0.1, 0.15) is 5.75 Å². The Kier molecular flexibility index (Phi) is 4.96. The Bertz CT molecular complexity index is 812. The number of nitrogens with one attached hydrogen (secondary N) is 4. The van der Waals surface area contributed by atoms with Crippen molar-refractivity contribution >= 4 is 0 Å². The number of ether oxygens (including phenoxy) is 1. The van der Waals surface area contributed by atoms with Gasteiger partial charge in [-0.1, -0.05) is 36.4 Å². The molecule has 0 radical (unpaired) electrons. The van der Waals surface area contributed by atoms with Crippen LogP contribution in [-0.4, -0.2) is 19.0 Å². The van der Waals surface area contributed by atoms with Crippen molar-refractivity contribution in [2.75, 3.05) is 6.61 Å². The lowest BCUT2D eigenvalue weighted by atomic mass is 10.0. The van der Waals surface area contributed by atoms with Crippen LogP contribution < -0.4 is 26.4 Å². The van der Waals surface area contributed by atoms with Crippen molar-refractivity contribution in [3.8, 4) is 5.75 Å². The number of hydrazine groups is 2. The number of alkyl halides is 6. The number of halogens is 6. The second-order valence-electron chi connectivity index (χ2n) is 7.17. The molecule has 162 valence electrons. The average Bonchev–Trinajstić information content (AvgIpc) is 3.58. The molecule has 0 aromatic heterocycles. The third kappa shape index (κ3) is 3.73. The van der Waals surface area contributed by atoms with Gasteiger partial charge in [0.25, 0.3) is 0 Å². The van der Waals surface area contributed by atoms with Gasteiger partial charge in [0.05, 0.1) is 6.61 Å². The maximum Gasteiger partial charge on any atom is 0.426 e. The topological polar surface area (TPSA) is 97.0 Å². The van der Waals surface area contributed by atoms with Crippen LogP contribution in [0, 0.1) is 0 Å². The Morgan fingerprint density at radius 3 is 1.50 bits per heavy atom. The predicted octanol–water partition coefficient (Wildman–Crippen LogP) is 3.34. The summed E-state index contributed by atoms with van der Waals surface area (Å²) in [5.41, 5.74) is 5.19. The molecule has 2 aromatic carbocycles. The summed E-state index contributed by atoms with van der Waals surface area (Å²) in [5.74, 6) is 0.435. The fourth-order valence-electron chi connectivity index (χ4n) is 3.21. The first-order chi connectivity index (χ1) is 14.1. The van der Waals surface area contributed by atoms with Gasteiger partial charge < -0.3 is 4.74 Å². The van der Waals surface area contributed by atoms with Gasteiger partial charge in [0, 0.05) is 0 Å². The number of hydrogen-bond acceptors (Lipinski definition) is 5. The molecule has 0 unspecified atom stereocenters. The molecule has 0 spiro atoms. The van der Waals surface area contributed by atoms with E-state index < -0.39 is 23.7 Å². The van der Waals surface area contributed by atoms with E-state index in [1.807, 2.05) is 0 Å². The zero-order valence-electron chi connectivity index (χ0n) is 15.4. The first-order valence-corrected chi connectivity index (χ1v) is 9.12. The van der Waals surface area contributed by atoms with Crippen molar-refractivity contribution in [3.63, 3.8) is 0 Å². The molecule has 11 heteroatoms. The summed E-state index contributed by atoms with van der Waals surface area (Å²) in [6, 6.07) is 11.7. The Labute approximate surface area is 167 Å². The monoisotopic (exact) mass is 432 g/mol. The Hall–Kier alpha value is -2.34. The summed E-state index contributed by atoms with van der Waals surface area (Å²) >= 11 is 0. The van der Waals surface area contributed by atoms with E-state index in [0.717, 1.165) is 5.56 Å². The van der Waals surface area contributed by atoms with Gasteiger partial charge in [0.15, 0.2) is 0 Å². The molecule has 2 aliphatic rings. The van der Waals surface area contributed by atoms with Crippen molar-refractivity contribution in [2.24, 2.45) is 0 Å². The minimum absolute atomic E-state index is 0.0405. The maximum atomic E-state index is 13.0. The molecule has 0 bridgehead atoms. The number of rotatable bonds is 7. The van der Waals surface area contributed by atoms with E-state index in [4.69, 9.17) is 4.74 Å². The van der Waals surface area contributed by atoms with Crippen molar-refractivity contribution < 1.29 is 31.1 Å². The van der Waals surface area contributed by atoms with E-state index in [2.05, 4.69) is 21.7 Å². The highest BCUT2D eigenvalue weighted by Crippen LogP contribution is 2.43. The predicted molar refractivity (Wildman–Crippen MR) is 94.7 cm³/mol. The van der Waals surface area contributed by atoms with Crippen LogP contribution in [0.25, 0.3) is 0 Å². The van der Waals surface area contributed by atoms with Gasteiger partial charge >= 0.3 is 12.4 Å². The van der Waals surface area contributed by atoms with E-state index in [-0.39, 0.29) is 11.1 Å². The van der Waals surface area contributed by atoms with Gasteiger partial charge in [-0.05, 0) is 41.7 Å². The molecular weight excluding hydrogens is 414 g/mol. The summed E-state index contributed by atoms with van der Waals surface area (Å²) in [5, 5.41) is 0. The number of hydrogen-bond donors (Lipinski definition) is 4. The molecule has 2 saturated heterocycles. The van der Waals surface area contributed by atoms with Crippen molar-refractivity contribution in [1.29, 1.82) is 0 Å².